The van der Waals surface area contributed by atoms with Crippen LogP contribution in [0.25, 0.3) is 0 Å². The molecule has 0 saturated carbocycles. The van der Waals surface area contributed by atoms with Gasteiger partial charge in [0.25, 0.3) is 0 Å². The Hall–Kier alpha value is -0.870. The maximum Gasteiger partial charge on any atom is 0.223 e. The fourth-order valence-corrected chi connectivity index (χ4v) is 2.98. The smallest absolute Gasteiger partial charge is 0.223 e. The van der Waals surface area contributed by atoms with E-state index in [0.717, 1.165) is 29.4 Å². The number of hydrogen-bond donors (Lipinski definition) is 2. The third kappa shape index (κ3) is 4.05. The first-order valence-electron chi connectivity index (χ1n) is 6.85. The van der Waals surface area contributed by atoms with E-state index in [2.05, 4.69) is 39.6 Å². The number of carbonyl (C=O) groups excluding carboxylic acids is 1. The standard InChI is InChI=1S/C15H21BrN2O/c1-10-8-13(6-7-17-10)15(19)18-11(2)12-4-3-5-14(16)9-12/h3-5,9-11,13,17H,6-8H2,1-2H3,(H,18,19)/t10-,11?,13-/m0/s1. The molecule has 0 bridgehead atoms. The van der Waals surface area contributed by atoms with Crippen molar-refractivity contribution in [3.05, 3.63) is 34.3 Å². The summed E-state index contributed by atoms with van der Waals surface area (Å²) < 4.78 is 1.04. The van der Waals surface area contributed by atoms with Gasteiger partial charge >= 0.3 is 0 Å². The molecule has 0 aliphatic carbocycles. The van der Waals surface area contributed by atoms with Gasteiger partial charge in [0.15, 0.2) is 0 Å². The second-order valence-electron chi connectivity index (χ2n) is 5.36. The molecule has 3 atom stereocenters. The molecular weight excluding hydrogens is 304 g/mol. The van der Waals surface area contributed by atoms with Crippen LogP contribution in [0, 0.1) is 5.92 Å². The number of hydrogen-bond acceptors (Lipinski definition) is 2. The first-order valence-corrected chi connectivity index (χ1v) is 7.65. The second-order valence-corrected chi connectivity index (χ2v) is 6.28. The van der Waals surface area contributed by atoms with E-state index in [9.17, 15) is 4.79 Å². The van der Waals surface area contributed by atoms with Crippen LogP contribution in [0.1, 0.15) is 38.3 Å². The van der Waals surface area contributed by atoms with Gasteiger partial charge in [-0.2, -0.15) is 0 Å². The average molecular weight is 325 g/mol. The zero-order chi connectivity index (χ0) is 13.8. The number of halogens is 1. The Morgan fingerprint density at radius 1 is 1.53 bits per heavy atom. The molecule has 1 aromatic rings. The van der Waals surface area contributed by atoms with Crippen molar-refractivity contribution in [1.29, 1.82) is 0 Å². The van der Waals surface area contributed by atoms with Gasteiger partial charge in [-0.25, -0.2) is 0 Å². The Bertz CT molecular complexity index is 450. The van der Waals surface area contributed by atoms with Crippen LogP contribution in [0.15, 0.2) is 28.7 Å². The summed E-state index contributed by atoms with van der Waals surface area (Å²) in [7, 11) is 0. The molecule has 0 radical (unpaired) electrons. The second kappa shape index (κ2) is 6.53. The molecular formula is C15H21BrN2O. The number of nitrogens with one attached hydrogen (secondary N) is 2. The number of piperidine rings is 1. The summed E-state index contributed by atoms with van der Waals surface area (Å²) >= 11 is 3.46. The minimum atomic E-state index is 0.0511. The van der Waals surface area contributed by atoms with E-state index in [1.807, 2.05) is 25.1 Å². The maximum atomic E-state index is 12.3. The van der Waals surface area contributed by atoms with Crippen molar-refractivity contribution >= 4 is 21.8 Å². The van der Waals surface area contributed by atoms with E-state index < -0.39 is 0 Å². The zero-order valence-corrected chi connectivity index (χ0v) is 13.0. The molecule has 1 amide bonds. The molecule has 1 aromatic carbocycles. The Labute approximate surface area is 123 Å². The average Bonchev–Trinajstić information content (AvgIpc) is 2.38. The van der Waals surface area contributed by atoms with Gasteiger partial charge in [0.1, 0.15) is 0 Å². The lowest BCUT2D eigenvalue weighted by Gasteiger charge is -2.28. The fourth-order valence-electron chi connectivity index (χ4n) is 2.56. The highest BCUT2D eigenvalue weighted by atomic mass is 79.9. The van der Waals surface area contributed by atoms with Gasteiger partial charge in [0.05, 0.1) is 6.04 Å². The first kappa shape index (κ1) is 14.5. The van der Waals surface area contributed by atoms with E-state index >= 15 is 0 Å². The van der Waals surface area contributed by atoms with Crippen molar-refractivity contribution in [2.24, 2.45) is 5.92 Å². The monoisotopic (exact) mass is 324 g/mol. The molecule has 1 unspecified atom stereocenters. The van der Waals surface area contributed by atoms with Crippen LogP contribution in [-0.2, 0) is 4.79 Å². The first-order chi connectivity index (χ1) is 9.06. The Morgan fingerprint density at radius 3 is 3.00 bits per heavy atom. The summed E-state index contributed by atoms with van der Waals surface area (Å²) in [6.45, 7) is 5.10. The molecule has 1 fully saturated rings. The molecule has 4 heteroatoms. The Balaban J connectivity index is 1.94. The van der Waals surface area contributed by atoms with Gasteiger partial charge in [-0.05, 0) is 50.9 Å². The van der Waals surface area contributed by atoms with Gasteiger partial charge < -0.3 is 10.6 Å². The minimum Gasteiger partial charge on any atom is -0.349 e. The normalized spacial score (nSPS) is 24.8. The molecule has 104 valence electrons. The number of amides is 1. The predicted octanol–water partition coefficient (Wildman–Crippen LogP) is 3.01. The van der Waals surface area contributed by atoms with Gasteiger partial charge in [-0.15, -0.1) is 0 Å². The fraction of sp³-hybridized carbons (Fsp3) is 0.533. The topological polar surface area (TPSA) is 41.1 Å². The summed E-state index contributed by atoms with van der Waals surface area (Å²) in [6.07, 6.45) is 1.86. The maximum absolute atomic E-state index is 12.3. The highest BCUT2D eigenvalue weighted by molar-refractivity contribution is 9.10. The molecule has 1 aliphatic heterocycles. The van der Waals surface area contributed by atoms with Crippen LogP contribution >= 0.6 is 15.9 Å². The van der Waals surface area contributed by atoms with E-state index in [0.29, 0.717) is 6.04 Å². The van der Waals surface area contributed by atoms with Crippen molar-refractivity contribution in [2.75, 3.05) is 6.54 Å². The van der Waals surface area contributed by atoms with Gasteiger partial charge in [0.2, 0.25) is 5.91 Å². The van der Waals surface area contributed by atoms with Crippen molar-refractivity contribution in [1.82, 2.24) is 10.6 Å². The Kier molecular flexibility index (Phi) is 4.99. The van der Waals surface area contributed by atoms with Crippen molar-refractivity contribution in [3.8, 4) is 0 Å². The summed E-state index contributed by atoms with van der Waals surface area (Å²) in [4.78, 5) is 12.3. The number of carbonyl (C=O) groups is 1. The van der Waals surface area contributed by atoms with Gasteiger partial charge in [-0.1, -0.05) is 28.1 Å². The van der Waals surface area contributed by atoms with Gasteiger partial charge in [-0.3, -0.25) is 4.79 Å². The van der Waals surface area contributed by atoms with Crippen LogP contribution in [0.5, 0.6) is 0 Å². The summed E-state index contributed by atoms with van der Waals surface area (Å²) in [5.41, 5.74) is 1.13. The van der Waals surface area contributed by atoms with Gasteiger partial charge in [0, 0.05) is 16.4 Å². The molecule has 2 rings (SSSR count). The predicted molar refractivity (Wildman–Crippen MR) is 80.9 cm³/mol. The molecule has 1 aliphatic rings. The summed E-state index contributed by atoms with van der Waals surface area (Å²) in [5.74, 6) is 0.326. The summed E-state index contributed by atoms with van der Waals surface area (Å²) in [6, 6.07) is 8.57. The van der Waals surface area contributed by atoms with E-state index in [-0.39, 0.29) is 17.9 Å². The molecule has 19 heavy (non-hydrogen) atoms. The van der Waals surface area contributed by atoms with Crippen molar-refractivity contribution in [2.45, 2.75) is 38.8 Å². The van der Waals surface area contributed by atoms with Crippen LogP contribution in [0.2, 0.25) is 0 Å². The van der Waals surface area contributed by atoms with Crippen molar-refractivity contribution < 1.29 is 4.79 Å². The lowest BCUT2D eigenvalue weighted by molar-refractivity contribution is -0.126. The molecule has 0 spiro atoms. The molecule has 2 N–H and O–H groups in total. The SMILES string of the molecule is CC(NC(=O)[C@H]1CCN[C@@H](C)C1)c1cccc(Br)c1. The van der Waals surface area contributed by atoms with Crippen LogP contribution in [-0.4, -0.2) is 18.5 Å². The highest BCUT2D eigenvalue weighted by Crippen LogP contribution is 2.20. The zero-order valence-electron chi connectivity index (χ0n) is 11.4. The molecule has 1 heterocycles. The molecule has 0 aromatic heterocycles. The van der Waals surface area contributed by atoms with Crippen LogP contribution in [0.3, 0.4) is 0 Å². The minimum absolute atomic E-state index is 0.0511. The quantitative estimate of drug-likeness (QED) is 0.897. The van der Waals surface area contributed by atoms with E-state index in [1.54, 1.807) is 0 Å². The van der Waals surface area contributed by atoms with E-state index in [1.165, 1.54) is 0 Å². The molecule has 1 saturated heterocycles. The van der Waals surface area contributed by atoms with Crippen LogP contribution in [0.4, 0.5) is 0 Å². The van der Waals surface area contributed by atoms with E-state index in [4.69, 9.17) is 0 Å². The largest absolute Gasteiger partial charge is 0.349 e. The Morgan fingerprint density at radius 2 is 2.32 bits per heavy atom. The lowest BCUT2D eigenvalue weighted by atomic mass is 9.92. The van der Waals surface area contributed by atoms with Crippen molar-refractivity contribution in [3.63, 3.8) is 0 Å². The number of benzene rings is 1. The number of rotatable bonds is 3. The third-order valence-corrected chi connectivity index (χ3v) is 4.20. The third-order valence-electron chi connectivity index (χ3n) is 3.70. The summed E-state index contributed by atoms with van der Waals surface area (Å²) in [5, 5.41) is 6.50. The lowest BCUT2D eigenvalue weighted by Crippen LogP contribution is -2.42. The highest BCUT2D eigenvalue weighted by Gasteiger charge is 2.25. The van der Waals surface area contributed by atoms with Crippen LogP contribution < -0.4 is 10.6 Å². The molecule has 3 nitrogen and oxygen atoms in total.